The van der Waals surface area contributed by atoms with E-state index in [0.29, 0.717) is 18.5 Å². The molecule has 136 valence electrons. The van der Waals surface area contributed by atoms with Crippen molar-refractivity contribution in [2.75, 3.05) is 39.4 Å². The van der Waals surface area contributed by atoms with Gasteiger partial charge in [0.05, 0.1) is 25.5 Å². The highest BCUT2D eigenvalue weighted by molar-refractivity contribution is 5.79. The number of hydrogen-bond acceptors (Lipinski definition) is 4. The molecule has 1 unspecified atom stereocenters. The van der Waals surface area contributed by atoms with Gasteiger partial charge in [0.2, 0.25) is 0 Å². The lowest BCUT2D eigenvalue weighted by Crippen LogP contribution is -2.52. The summed E-state index contributed by atoms with van der Waals surface area (Å²) in [6.45, 7) is 12.7. The largest absolute Gasteiger partial charge is 0.379 e. The molecule has 0 saturated carbocycles. The maximum Gasteiger partial charge on any atom is 0.191 e. The van der Waals surface area contributed by atoms with Crippen molar-refractivity contribution in [3.05, 3.63) is 18.0 Å². The average Bonchev–Trinajstić information content (AvgIpc) is 2.98. The minimum Gasteiger partial charge on any atom is -0.379 e. The summed E-state index contributed by atoms with van der Waals surface area (Å²) in [6.07, 6.45) is 1.80. The molecule has 0 radical (unpaired) electrons. The van der Waals surface area contributed by atoms with E-state index in [-0.39, 0.29) is 0 Å². The maximum absolute atomic E-state index is 5.48. The Morgan fingerprint density at radius 2 is 2.08 bits per heavy atom. The highest BCUT2D eigenvalue weighted by atomic mass is 16.5. The van der Waals surface area contributed by atoms with Gasteiger partial charge in [-0.05, 0) is 18.9 Å². The van der Waals surface area contributed by atoms with Crippen LogP contribution in [0, 0.1) is 5.92 Å². The molecule has 2 rings (SSSR count). The van der Waals surface area contributed by atoms with E-state index in [1.807, 2.05) is 17.8 Å². The van der Waals surface area contributed by atoms with Crippen molar-refractivity contribution in [2.45, 2.75) is 33.4 Å². The molecule has 0 aliphatic carbocycles. The van der Waals surface area contributed by atoms with Gasteiger partial charge in [0.25, 0.3) is 0 Å². The van der Waals surface area contributed by atoms with Crippen molar-refractivity contribution in [3.63, 3.8) is 0 Å². The first-order valence-electron chi connectivity index (χ1n) is 8.92. The first-order valence-corrected chi connectivity index (χ1v) is 8.92. The zero-order valence-corrected chi connectivity index (χ0v) is 15.5. The lowest BCUT2D eigenvalue weighted by Gasteiger charge is -2.37. The van der Waals surface area contributed by atoms with E-state index in [1.165, 1.54) is 0 Å². The maximum atomic E-state index is 5.48. The van der Waals surface area contributed by atoms with Crippen LogP contribution < -0.4 is 10.6 Å². The lowest BCUT2D eigenvalue weighted by atomic mass is 10.0. The summed E-state index contributed by atoms with van der Waals surface area (Å²) in [5.74, 6) is 1.44. The highest BCUT2D eigenvalue weighted by Gasteiger charge is 2.23. The van der Waals surface area contributed by atoms with Crippen LogP contribution in [0.1, 0.15) is 26.5 Å². The van der Waals surface area contributed by atoms with Gasteiger partial charge < -0.3 is 15.4 Å². The van der Waals surface area contributed by atoms with Crippen LogP contribution in [-0.2, 0) is 18.3 Å². The van der Waals surface area contributed by atoms with E-state index in [1.54, 1.807) is 6.20 Å². The number of aliphatic imine (C=N–C) groups is 1. The number of aryl methyl sites for hydroxylation is 1. The first kappa shape index (κ1) is 18.7. The van der Waals surface area contributed by atoms with Crippen LogP contribution in [0.3, 0.4) is 0 Å². The molecule has 2 heterocycles. The van der Waals surface area contributed by atoms with Crippen molar-refractivity contribution in [2.24, 2.45) is 18.0 Å². The molecular formula is C17H32N6O. The predicted octanol–water partition coefficient (Wildman–Crippen LogP) is 0.832. The predicted molar refractivity (Wildman–Crippen MR) is 97.0 cm³/mol. The van der Waals surface area contributed by atoms with Crippen LogP contribution in [0.5, 0.6) is 0 Å². The zero-order chi connectivity index (χ0) is 17.4. The van der Waals surface area contributed by atoms with Gasteiger partial charge in [-0.25, -0.2) is 4.99 Å². The fourth-order valence-electron chi connectivity index (χ4n) is 2.96. The molecule has 7 heteroatoms. The second kappa shape index (κ2) is 9.64. The first-order chi connectivity index (χ1) is 11.6. The van der Waals surface area contributed by atoms with Crippen LogP contribution in [0.15, 0.2) is 17.3 Å². The van der Waals surface area contributed by atoms with Crippen LogP contribution in [0.2, 0.25) is 0 Å². The van der Waals surface area contributed by atoms with E-state index >= 15 is 0 Å². The fourth-order valence-corrected chi connectivity index (χ4v) is 2.96. The third-order valence-corrected chi connectivity index (χ3v) is 4.43. The molecule has 0 spiro atoms. The Labute approximate surface area is 145 Å². The average molecular weight is 336 g/mol. The summed E-state index contributed by atoms with van der Waals surface area (Å²) >= 11 is 0. The van der Waals surface area contributed by atoms with Crippen molar-refractivity contribution < 1.29 is 4.74 Å². The molecule has 1 aromatic rings. The molecule has 1 saturated heterocycles. The molecule has 1 fully saturated rings. The standard InChI is InChI=1S/C17H32N6O/c1-5-18-17(19-12-15-6-7-21-22(15)4)20-13-16(14(2)3)23-8-10-24-11-9-23/h6-7,14,16H,5,8-13H2,1-4H3,(H2,18,19,20). The van der Waals surface area contributed by atoms with Gasteiger partial charge in [-0.2, -0.15) is 5.10 Å². The Bertz CT molecular complexity index is 507. The Hall–Kier alpha value is -1.60. The minimum absolute atomic E-state index is 0.481. The van der Waals surface area contributed by atoms with Crippen LogP contribution >= 0.6 is 0 Å². The second-order valence-electron chi connectivity index (χ2n) is 6.48. The second-order valence-corrected chi connectivity index (χ2v) is 6.48. The monoisotopic (exact) mass is 336 g/mol. The highest BCUT2D eigenvalue weighted by Crippen LogP contribution is 2.12. The van der Waals surface area contributed by atoms with Gasteiger partial charge in [-0.15, -0.1) is 0 Å². The molecule has 1 aromatic heterocycles. The van der Waals surface area contributed by atoms with Gasteiger partial charge in [0, 0.05) is 45.5 Å². The minimum atomic E-state index is 0.481. The third kappa shape index (κ3) is 5.49. The van der Waals surface area contributed by atoms with Gasteiger partial charge in [0.15, 0.2) is 5.96 Å². The molecule has 0 aromatic carbocycles. The number of morpholine rings is 1. The fraction of sp³-hybridized carbons (Fsp3) is 0.765. The number of ether oxygens (including phenoxy) is 1. The third-order valence-electron chi connectivity index (χ3n) is 4.43. The zero-order valence-electron chi connectivity index (χ0n) is 15.5. The lowest BCUT2D eigenvalue weighted by molar-refractivity contribution is 0.00752. The smallest absolute Gasteiger partial charge is 0.191 e. The number of aromatic nitrogens is 2. The van der Waals surface area contributed by atoms with E-state index in [9.17, 15) is 0 Å². The van der Waals surface area contributed by atoms with E-state index in [2.05, 4.69) is 46.4 Å². The topological polar surface area (TPSA) is 66.7 Å². The molecule has 1 aliphatic rings. The number of nitrogens with zero attached hydrogens (tertiary/aromatic N) is 4. The van der Waals surface area contributed by atoms with Crippen LogP contribution in [-0.4, -0.2) is 66.1 Å². The molecule has 1 aliphatic heterocycles. The summed E-state index contributed by atoms with van der Waals surface area (Å²) in [4.78, 5) is 7.20. The molecule has 24 heavy (non-hydrogen) atoms. The van der Waals surface area contributed by atoms with Crippen molar-refractivity contribution in [3.8, 4) is 0 Å². The summed E-state index contributed by atoms with van der Waals surface area (Å²) in [6, 6.07) is 2.48. The quantitative estimate of drug-likeness (QED) is 0.570. The SMILES string of the molecule is CCNC(=NCc1ccnn1C)NCC(C(C)C)N1CCOCC1. The molecule has 0 amide bonds. The molecule has 2 N–H and O–H groups in total. The van der Waals surface area contributed by atoms with Crippen LogP contribution in [0.4, 0.5) is 0 Å². The Morgan fingerprint density at radius 1 is 1.33 bits per heavy atom. The molecular weight excluding hydrogens is 304 g/mol. The van der Waals surface area contributed by atoms with E-state index in [0.717, 1.165) is 51.0 Å². The van der Waals surface area contributed by atoms with Gasteiger partial charge in [-0.3, -0.25) is 9.58 Å². The molecule has 0 bridgehead atoms. The summed E-state index contributed by atoms with van der Waals surface area (Å²) in [5, 5.41) is 11.0. The van der Waals surface area contributed by atoms with E-state index < -0.39 is 0 Å². The normalized spacial score (nSPS) is 18.0. The number of rotatable bonds is 7. The van der Waals surface area contributed by atoms with Gasteiger partial charge >= 0.3 is 0 Å². The van der Waals surface area contributed by atoms with Gasteiger partial charge in [0.1, 0.15) is 0 Å². The molecule has 1 atom stereocenters. The van der Waals surface area contributed by atoms with Crippen molar-refractivity contribution in [1.82, 2.24) is 25.3 Å². The summed E-state index contributed by atoms with van der Waals surface area (Å²) < 4.78 is 7.34. The number of guanidine groups is 1. The number of hydrogen-bond donors (Lipinski definition) is 2. The van der Waals surface area contributed by atoms with Gasteiger partial charge in [-0.1, -0.05) is 13.8 Å². The Kier molecular flexibility index (Phi) is 7.52. The van der Waals surface area contributed by atoms with Crippen LogP contribution in [0.25, 0.3) is 0 Å². The Morgan fingerprint density at radius 3 is 2.67 bits per heavy atom. The Balaban J connectivity index is 1.93. The summed E-state index contributed by atoms with van der Waals surface area (Å²) in [7, 11) is 1.94. The van der Waals surface area contributed by atoms with E-state index in [4.69, 9.17) is 4.74 Å². The summed E-state index contributed by atoms with van der Waals surface area (Å²) in [5.41, 5.74) is 1.10. The number of nitrogens with one attached hydrogen (secondary N) is 2. The van der Waals surface area contributed by atoms with Crippen molar-refractivity contribution in [1.29, 1.82) is 0 Å². The molecule has 7 nitrogen and oxygen atoms in total. The van der Waals surface area contributed by atoms with Crippen molar-refractivity contribution >= 4 is 5.96 Å².